The fraction of sp³-hybridized carbons (Fsp3) is 0.438. The third-order valence-electron chi connectivity index (χ3n) is 3.80. The number of nitrogens with zero attached hydrogens (tertiary/aromatic N) is 2. The maximum Gasteiger partial charge on any atom is 0.0643 e. The van der Waals surface area contributed by atoms with Crippen molar-refractivity contribution >= 4 is 27.5 Å². The van der Waals surface area contributed by atoms with Crippen molar-refractivity contribution in [1.82, 2.24) is 15.1 Å². The number of likely N-dealkylation sites (N-methyl/N-ethyl adjacent to an activating group) is 1. The van der Waals surface area contributed by atoms with Gasteiger partial charge in [0.25, 0.3) is 0 Å². The molecule has 2 unspecified atom stereocenters. The van der Waals surface area contributed by atoms with Gasteiger partial charge in [-0.25, -0.2) is 0 Å². The summed E-state index contributed by atoms with van der Waals surface area (Å²) in [5, 5.41) is 8.78. The standard InChI is InChI=1S/C16H21BrClN3/c1-4-11(2)21-8-7-13(20-21)10-16(19-3)14-9-12(17)5-6-15(14)18/h5-9,11,16,19H,4,10H2,1-3H3. The van der Waals surface area contributed by atoms with Crippen LogP contribution in [-0.4, -0.2) is 16.8 Å². The SMILES string of the molecule is CCC(C)n1ccc(CC(NC)c2cc(Br)ccc2Cl)n1. The molecule has 0 fully saturated rings. The Balaban J connectivity index is 2.19. The van der Waals surface area contributed by atoms with E-state index in [1.54, 1.807) is 0 Å². The minimum Gasteiger partial charge on any atom is -0.313 e. The van der Waals surface area contributed by atoms with E-state index in [4.69, 9.17) is 11.6 Å². The summed E-state index contributed by atoms with van der Waals surface area (Å²) >= 11 is 9.83. The molecule has 0 aliphatic carbocycles. The second-order valence-electron chi connectivity index (χ2n) is 5.26. The molecule has 2 atom stereocenters. The normalized spacial score (nSPS) is 14.1. The molecule has 1 aromatic carbocycles. The zero-order valence-corrected chi connectivity index (χ0v) is 14.9. The summed E-state index contributed by atoms with van der Waals surface area (Å²) in [6, 6.07) is 8.60. The van der Waals surface area contributed by atoms with Crippen LogP contribution < -0.4 is 5.32 Å². The Labute approximate surface area is 139 Å². The number of hydrogen-bond donors (Lipinski definition) is 1. The van der Waals surface area contributed by atoms with Crippen molar-refractivity contribution in [3.8, 4) is 0 Å². The topological polar surface area (TPSA) is 29.9 Å². The number of aromatic nitrogens is 2. The molecule has 1 heterocycles. The van der Waals surface area contributed by atoms with Crippen molar-refractivity contribution in [3.63, 3.8) is 0 Å². The van der Waals surface area contributed by atoms with Crippen LogP contribution >= 0.6 is 27.5 Å². The Hall–Kier alpha value is -0.840. The van der Waals surface area contributed by atoms with Gasteiger partial charge in [-0.15, -0.1) is 0 Å². The van der Waals surface area contributed by atoms with Crippen LogP contribution in [-0.2, 0) is 6.42 Å². The maximum absolute atomic E-state index is 6.33. The Kier molecular flexibility index (Phi) is 5.85. The molecule has 1 aromatic heterocycles. The van der Waals surface area contributed by atoms with E-state index in [9.17, 15) is 0 Å². The third kappa shape index (κ3) is 4.09. The van der Waals surface area contributed by atoms with Gasteiger partial charge in [0.15, 0.2) is 0 Å². The molecule has 0 aliphatic rings. The van der Waals surface area contributed by atoms with Crippen LogP contribution in [0.25, 0.3) is 0 Å². The van der Waals surface area contributed by atoms with E-state index in [0.29, 0.717) is 6.04 Å². The van der Waals surface area contributed by atoms with Gasteiger partial charge < -0.3 is 5.32 Å². The highest BCUT2D eigenvalue weighted by Crippen LogP contribution is 2.28. The van der Waals surface area contributed by atoms with Crippen LogP contribution in [0.4, 0.5) is 0 Å². The molecule has 0 amide bonds. The Bertz CT molecular complexity index is 597. The summed E-state index contributed by atoms with van der Waals surface area (Å²) in [7, 11) is 1.95. The van der Waals surface area contributed by atoms with E-state index < -0.39 is 0 Å². The van der Waals surface area contributed by atoms with Crippen LogP contribution in [0.3, 0.4) is 0 Å². The molecule has 0 spiro atoms. The first-order valence-electron chi connectivity index (χ1n) is 7.21. The molecule has 2 aromatic rings. The van der Waals surface area contributed by atoms with Gasteiger partial charge in [-0.3, -0.25) is 4.68 Å². The largest absolute Gasteiger partial charge is 0.313 e. The highest BCUT2D eigenvalue weighted by molar-refractivity contribution is 9.10. The molecule has 114 valence electrons. The molecule has 0 saturated heterocycles. The lowest BCUT2D eigenvalue weighted by Gasteiger charge is -2.17. The minimum absolute atomic E-state index is 0.148. The van der Waals surface area contributed by atoms with Gasteiger partial charge in [-0.05, 0) is 50.2 Å². The molecular formula is C16H21BrClN3. The predicted octanol–water partition coefficient (Wildman–Crippen LogP) is 4.77. The molecule has 5 heteroatoms. The highest BCUT2D eigenvalue weighted by Gasteiger charge is 2.16. The molecule has 21 heavy (non-hydrogen) atoms. The number of rotatable bonds is 6. The van der Waals surface area contributed by atoms with E-state index in [1.807, 2.05) is 23.9 Å². The Morgan fingerprint density at radius 2 is 2.14 bits per heavy atom. The summed E-state index contributed by atoms with van der Waals surface area (Å²) in [5.41, 5.74) is 2.16. The van der Waals surface area contributed by atoms with Gasteiger partial charge in [0, 0.05) is 34.2 Å². The fourth-order valence-corrected chi connectivity index (χ4v) is 2.91. The van der Waals surface area contributed by atoms with E-state index >= 15 is 0 Å². The lowest BCUT2D eigenvalue weighted by molar-refractivity contribution is 0.469. The van der Waals surface area contributed by atoms with Crippen molar-refractivity contribution in [1.29, 1.82) is 0 Å². The monoisotopic (exact) mass is 369 g/mol. The molecule has 0 radical (unpaired) electrons. The van der Waals surface area contributed by atoms with Crippen LogP contribution in [0.15, 0.2) is 34.9 Å². The summed E-state index contributed by atoms with van der Waals surface area (Å²) < 4.78 is 3.07. The lowest BCUT2D eigenvalue weighted by atomic mass is 10.0. The van der Waals surface area contributed by atoms with E-state index in [1.165, 1.54) is 0 Å². The van der Waals surface area contributed by atoms with Crippen molar-refractivity contribution in [2.75, 3.05) is 7.05 Å². The highest BCUT2D eigenvalue weighted by atomic mass is 79.9. The second kappa shape index (κ2) is 7.43. The van der Waals surface area contributed by atoms with Crippen molar-refractivity contribution < 1.29 is 0 Å². The van der Waals surface area contributed by atoms with Gasteiger partial charge >= 0.3 is 0 Å². The van der Waals surface area contributed by atoms with E-state index in [0.717, 1.165) is 33.6 Å². The molecular weight excluding hydrogens is 350 g/mol. The minimum atomic E-state index is 0.148. The average Bonchev–Trinajstić information content (AvgIpc) is 2.95. The summed E-state index contributed by atoms with van der Waals surface area (Å²) in [4.78, 5) is 0. The van der Waals surface area contributed by atoms with Gasteiger partial charge in [0.05, 0.1) is 5.69 Å². The molecule has 2 rings (SSSR count). The zero-order valence-electron chi connectivity index (χ0n) is 12.6. The third-order valence-corrected chi connectivity index (χ3v) is 4.64. The molecule has 0 aliphatic heterocycles. The number of hydrogen-bond acceptors (Lipinski definition) is 2. The Morgan fingerprint density at radius 3 is 2.81 bits per heavy atom. The van der Waals surface area contributed by atoms with Gasteiger partial charge in [0.1, 0.15) is 0 Å². The van der Waals surface area contributed by atoms with Crippen LogP contribution in [0.5, 0.6) is 0 Å². The number of benzene rings is 1. The second-order valence-corrected chi connectivity index (χ2v) is 6.58. The first-order valence-corrected chi connectivity index (χ1v) is 8.38. The van der Waals surface area contributed by atoms with Crippen molar-refractivity contribution in [3.05, 3.63) is 51.2 Å². The van der Waals surface area contributed by atoms with Crippen molar-refractivity contribution in [2.24, 2.45) is 0 Å². The van der Waals surface area contributed by atoms with Crippen molar-refractivity contribution in [2.45, 2.75) is 38.8 Å². The van der Waals surface area contributed by atoms with E-state index in [-0.39, 0.29) is 6.04 Å². The molecule has 3 nitrogen and oxygen atoms in total. The first-order chi connectivity index (χ1) is 10.0. The van der Waals surface area contributed by atoms with Gasteiger partial charge in [-0.1, -0.05) is 34.5 Å². The molecule has 1 N–H and O–H groups in total. The average molecular weight is 371 g/mol. The zero-order chi connectivity index (χ0) is 15.4. The first kappa shape index (κ1) is 16.5. The van der Waals surface area contributed by atoms with E-state index in [2.05, 4.69) is 58.5 Å². The quantitative estimate of drug-likeness (QED) is 0.793. The molecule has 0 bridgehead atoms. The summed E-state index contributed by atoms with van der Waals surface area (Å²) in [5.74, 6) is 0. The van der Waals surface area contributed by atoms with Gasteiger partial charge in [-0.2, -0.15) is 5.10 Å². The summed E-state index contributed by atoms with van der Waals surface area (Å²) in [6.45, 7) is 4.35. The predicted molar refractivity (Wildman–Crippen MR) is 91.9 cm³/mol. The smallest absolute Gasteiger partial charge is 0.0643 e. The fourth-order valence-electron chi connectivity index (χ4n) is 2.28. The summed E-state index contributed by atoms with van der Waals surface area (Å²) in [6.07, 6.45) is 3.95. The van der Waals surface area contributed by atoms with Crippen LogP contribution in [0.1, 0.15) is 43.6 Å². The maximum atomic E-state index is 6.33. The number of nitrogens with one attached hydrogen (secondary N) is 1. The Morgan fingerprint density at radius 1 is 1.38 bits per heavy atom. The van der Waals surface area contributed by atoms with Crippen LogP contribution in [0.2, 0.25) is 5.02 Å². The van der Waals surface area contributed by atoms with Crippen LogP contribution in [0, 0.1) is 0 Å². The lowest BCUT2D eigenvalue weighted by Crippen LogP contribution is -2.19. The van der Waals surface area contributed by atoms with Gasteiger partial charge in [0.2, 0.25) is 0 Å². The molecule has 0 saturated carbocycles. The number of halogens is 2.